The quantitative estimate of drug-likeness (QED) is 0.673. The Hall–Kier alpha value is -2.03. The molecule has 2 aromatic rings. The van der Waals surface area contributed by atoms with Crippen molar-refractivity contribution in [1.29, 1.82) is 0 Å². The van der Waals surface area contributed by atoms with Gasteiger partial charge in [-0.25, -0.2) is 15.0 Å². The molecule has 2 aromatic heterocycles. The minimum atomic E-state index is -1.20. The Morgan fingerprint density at radius 2 is 2.29 bits per heavy atom. The summed E-state index contributed by atoms with van der Waals surface area (Å²) in [4.78, 5) is 12.2. The highest BCUT2D eigenvalue weighted by atomic mass is 16.6. The van der Waals surface area contributed by atoms with Gasteiger partial charge in [0.2, 0.25) is 0 Å². The molecular formula is C13H17N5O3. The molecule has 0 amide bonds. The van der Waals surface area contributed by atoms with Crippen molar-refractivity contribution in [2.75, 3.05) is 12.3 Å². The molecule has 1 saturated heterocycles. The van der Waals surface area contributed by atoms with E-state index in [-0.39, 0.29) is 18.3 Å². The second kappa shape index (κ2) is 4.76. The number of hydrogen-bond donors (Lipinski definition) is 3. The Kier molecular flexibility index (Phi) is 3.16. The van der Waals surface area contributed by atoms with E-state index in [1.807, 2.05) is 6.92 Å². The molecule has 0 aliphatic carbocycles. The molecule has 8 nitrogen and oxygen atoms in total. The molecule has 1 aliphatic heterocycles. The average molecular weight is 291 g/mol. The number of ether oxygens (including phenoxy) is 1. The van der Waals surface area contributed by atoms with Crippen LogP contribution in [0.2, 0.25) is 0 Å². The molecule has 3 rings (SSSR count). The topological polar surface area (TPSA) is 119 Å². The van der Waals surface area contributed by atoms with Crippen molar-refractivity contribution in [2.24, 2.45) is 5.92 Å². The van der Waals surface area contributed by atoms with Crippen LogP contribution >= 0.6 is 0 Å². The lowest BCUT2D eigenvalue weighted by Crippen LogP contribution is -2.42. The number of rotatable bonds is 3. The molecule has 0 radical (unpaired) electrons. The summed E-state index contributed by atoms with van der Waals surface area (Å²) in [5, 5.41) is 19.9. The first-order valence-electron chi connectivity index (χ1n) is 6.57. The molecule has 1 fully saturated rings. The van der Waals surface area contributed by atoms with Crippen LogP contribution in [0, 0.1) is 5.92 Å². The molecule has 8 heteroatoms. The number of hydrogen-bond acceptors (Lipinski definition) is 7. The first-order valence-corrected chi connectivity index (χ1v) is 6.57. The van der Waals surface area contributed by atoms with E-state index in [1.54, 1.807) is 10.9 Å². The zero-order chi connectivity index (χ0) is 15.2. The number of imidazole rings is 1. The lowest BCUT2D eigenvalue weighted by molar-refractivity contribution is -0.0957. The second-order valence-electron chi connectivity index (χ2n) is 5.21. The Labute approximate surface area is 120 Å². The molecule has 1 aliphatic rings. The monoisotopic (exact) mass is 291 g/mol. The second-order valence-corrected chi connectivity index (χ2v) is 5.21. The fourth-order valence-corrected chi connectivity index (χ4v) is 2.73. The predicted octanol–water partition coefficient (Wildman–Crippen LogP) is -0.149. The van der Waals surface area contributed by atoms with Crippen molar-refractivity contribution in [1.82, 2.24) is 19.5 Å². The fourth-order valence-electron chi connectivity index (χ4n) is 2.73. The van der Waals surface area contributed by atoms with Crippen LogP contribution in [0.4, 0.5) is 5.82 Å². The molecule has 0 spiro atoms. The number of nitrogens with zero attached hydrogens (tertiary/aromatic N) is 4. The summed E-state index contributed by atoms with van der Waals surface area (Å²) < 4.78 is 7.55. The van der Waals surface area contributed by atoms with E-state index in [4.69, 9.17) is 10.5 Å². The third kappa shape index (κ3) is 1.84. The van der Waals surface area contributed by atoms with Crippen LogP contribution < -0.4 is 5.73 Å². The molecule has 0 bridgehead atoms. The van der Waals surface area contributed by atoms with Crippen LogP contribution in [0.15, 0.2) is 25.3 Å². The number of nitrogen functional groups attached to an aromatic ring is 1. The molecule has 4 N–H and O–H groups in total. The summed E-state index contributed by atoms with van der Waals surface area (Å²) in [6.07, 6.45) is 2.89. The summed E-state index contributed by atoms with van der Waals surface area (Å²) in [5.74, 6) is -0.00849. The zero-order valence-electron chi connectivity index (χ0n) is 11.5. The van der Waals surface area contributed by atoms with E-state index in [0.717, 1.165) is 0 Å². The third-order valence-electron chi connectivity index (χ3n) is 4.04. The predicted molar refractivity (Wildman–Crippen MR) is 75.0 cm³/mol. The molecule has 0 saturated carbocycles. The Balaban J connectivity index is 2.08. The van der Waals surface area contributed by atoms with Gasteiger partial charge in [0, 0.05) is 5.92 Å². The van der Waals surface area contributed by atoms with E-state index in [1.165, 1.54) is 12.4 Å². The summed E-state index contributed by atoms with van der Waals surface area (Å²) in [6, 6.07) is 0. The van der Waals surface area contributed by atoms with Gasteiger partial charge in [-0.1, -0.05) is 13.0 Å². The number of nitrogens with two attached hydrogens (primary N) is 1. The standard InChI is InChI=1S/C13H17N5O3/c1-3-13(4-19)9(20)7(2)12(21-13)18-6-17-8-10(14)15-5-16-11(8)18/h3,5-7,9,12,19-20H,1,4H2,2H3,(H2,14,15,16)/t7-,9-,12-,13+/m0/s1. The number of aromatic nitrogens is 4. The van der Waals surface area contributed by atoms with Crippen molar-refractivity contribution < 1.29 is 14.9 Å². The highest BCUT2D eigenvalue weighted by molar-refractivity contribution is 5.81. The summed E-state index contributed by atoms with van der Waals surface area (Å²) in [5.41, 5.74) is 5.56. The highest BCUT2D eigenvalue weighted by Crippen LogP contribution is 2.42. The van der Waals surface area contributed by atoms with Gasteiger partial charge < -0.3 is 20.7 Å². The third-order valence-corrected chi connectivity index (χ3v) is 4.04. The van der Waals surface area contributed by atoms with Gasteiger partial charge in [-0.05, 0) is 0 Å². The molecule has 21 heavy (non-hydrogen) atoms. The van der Waals surface area contributed by atoms with Crippen molar-refractivity contribution >= 4 is 17.0 Å². The number of aliphatic hydroxyl groups is 2. The lowest BCUT2D eigenvalue weighted by atomic mass is 9.91. The van der Waals surface area contributed by atoms with Gasteiger partial charge in [-0.2, -0.15) is 0 Å². The first-order chi connectivity index (χ1) is 10.0. The van der Waals surface area contributed by atoms with Crippen LogP contribution in [-0.4, -0.2) is 48.0 Å². The fraction of sp³-hybridized carbons (Fsp3) is 0.462. The van der Waals surface area contributed by atoms with Crippen LogP contribution in [0.1, 0.15) is 13.2 Å². The van der Waals surface area contributed by atoms with Crippen molar-refractivity contribution in [3.63, 3.8) is 0 Å². The first kappa shape index (κ1) is 13.9. The van der Waals surface area contributed by atoms with Gasteiger partial charge >= 0.3 is 0 Å². The zero-order valence-corrected chi connectivity index (χ0v) is 11.5. The Bertz CT molecular complexity index is 687. The van der Waals surface area contributed by atoms with Crippen LogP contribution in [-0.2, 0) is 4.74 Å². The maximum Gasteiger partial charge on any atom is 0.167 e. The average Bonchev–Trinajstić information content (AvgIpc) is 3.02. The van der Waals surface area contributed by atoms with Crippen LogP contribution in [0.3, 0.4) is 0 Å². The molecular weight excluding hydrogens is 274 g/mol. The molecule has 0 unspecified atom stereocenters. The van der Waals surface area contributed by atoms with Gasteiger partial charge in [-0.15, -0.1) is 6.58 Å². The molecule has 4 atom stereocenters. The van der Waals surface area contributed by atoms with E-state index in [0.29, 0.717) is 11.2 Å². The van der Waals surface area contributed by atoms with Crippen LogP contribution in [0.25, 0.3) is 11.2 Å². The molecule has 3 heterocycles. The smallest absolute Gasteiger partial charge is 0.167 e. The maximum absolute atomic E-state index is 10.4. The van der Waals surface area contributed by atoms with Crippen LogP contribution in [0.5, 0.6) is 0 Å². The highest BCUT2D eigenvalue weighted by Gasteiger charge is 2.51. The lowest BCUT2D eigenvalue weighted by Gasteiger charge is -2.26. The Morgan fingerprint density at radius 1 is 1.52 bits per heavy atom. The minimum Gasteiger partial charge on any atom is -0.393 e. The Morgan fingerprint density at radius 3 is 2.90 bits per heavy atom. The van der Waals surface area contributed by atoms with Gasteiger partial charge in [0.1, 0.15) is 23.7 Å². The minimum absolute atomic E-state index is 0.280. The van der Waals surface area contributed by atoms with Crippen molar-refractivity contribution in [3.8, 4) is 0 Å². The van der Waals surface area contributed by atoms with Gasteiger partial charge in [0.05, 0.1) is 19.0 Å². The molecule has 0 aromatic carbocycles. The van der Waals surface area contributed by atoms with E-state index in [2.05, 4.69) is 21.5 Å². The summed E-state index contributed by atoms with van der Waals surface area (Å²) in [7, 11) is 0. The van der Waals surface area contributed by atoms with Gasteiger partial charge in [0.25, 0.3) is 0 Å². The number of aliphatic hydroxyl groups excluding tert-OH is 2. The SMILES string of the molecule is C=C[C@]1(CO)O[C@H](n2cnc3c(N)ncnc32)[C@@H](C)[C@@H]1O. The van der Waals surface area contributed by atoms with Crippen molar-refractivity contribution in [2.45, 2.75) is 24.9 Å². The van der Waals surface area contributed by atoms with E-state index < -0.39 is 17.9 Å². The van der Waals surface area contributed by atoms with Crippen molar-refractivity contribution in [3.05, 3.63) is 25.3 Å². The van der Waals surface area contributed by atoms with Gasteiger partial charge in [-0.3, -0.25) is 4.57 Å². The summed E-state index contributed by atoms with van der Waals surface area (Å²) >= 11 is 0. The number of anilines is 1. The maximum atomic E-state index is 10.4. The van der Waals surface area contributed by atoms with E-state index >= 15 is 0 Å². The van der Waals surface area contributed by atoms with E-state index in [9.17, 15) is 10.2 Å². The summed E-state index contributed by atoms with van der Waals surface area (Å²) in [6.45, 7) is 5.11. The van der Waals surface area contributed by atoms with Gasteiger partial charge in [0.15, 0.2) is 11.5 Å². The number of fused-ring (bicyclic) bond motifs is 1. The normalized spacial score (nSPS) is 32.6. The largest absolute Gasteiger partial charge is 0.393 e. The molecule has 112 valence electrons.